The second-order valence-corrected chi connectivity index (χ2v) is 7.45. The molecule has 0 aliphatic carbocycles. The van der Waals surface area contributed by atoms with Gasteiger partial charge in [0.2, 0.25) is 0 Å². The molecule has 6 heteroatoms. The Kier molecular flexibility index (Phi) is 5.78. The first-order valence-corrected chi connectivity index (χ1v) is 9.55. The highest BCUT2D eigenvalue weighted by Crippen LogP contribution is 2.39. The molecule has 0 spiro atoms. The van der Waals surface area contributed by atoms with Crippen molar-refractivity contribution in [2.75, 3.05) is 13.2 Å². The Morgan fingerprint density at radius 1 is 0.929 bits per heavy atom. The number of hydrogen-bond donors (Lipinski definition) is 2. The van der Waals surface area contributed by atoms with Crippen molar-refractivity contribution in [2.24, 2.45) is 0 Å². The van der Waals surface area contributed by atoms with Crippen molar-refractivity contribution >= 4 is 0 Å². The third-order valence-corrected chi connectivity index (χ3v) is 5.16. The summed E-state index contributed by atoms with van der Waals surface area (Å²) in [7, 11) is 0. The van der Waals surface area contributed by atoms with Gasteiger partial charge in [0, 0.05) is 11.1 Å². The van der Waals surface area contributed by atoms with Crippen molar-refractivity contribution in [1.29, 1.82) is 0 Å². The average molecular weight is 386 g/mol. The summed E-state index contributed by atoms with van der Waals surface area (Å²) in [5.74, 6) is 0. The van der Waals surface area contributed by atoms with E-state index in [-0.39, 0.29) is 0 Å². The Hall–Kier alpha value is -1.80. The molecule has 28 heavy (non-hydrogen) atoms. The van der Waals surface area contributed by atoms with Gasteiger partial charge in [-0.15, -0.1) is 0 Å². The topological polar surface area (TPSA) is 77.4 Å². The molecule has 2 fully saturated rings. The zero-order valence-corrected chi connectivity index (χ0v) is 16.0. The lowest BCUT2D eigenvalue weighted by Crippen LogP contribution is -2.58. The Bertz CT molecular complexity index is 807. The van der Waals surface area contributed by atoms with Crippen molar-refractivity contribution < 1.29 is 29.2 Å². The highest BCUT2D eigenvalue weighted by molar-refractivity contribution is 5.25. The molecule has 2 aliphatic rings. The van der Waals surface area contributed by atoms with Crippen LogP contribution in [-0.4, -0.2) is 47.8 Å². The summed E-state index contributed by atoms with van der Waals surface area (Å²) in [4.78, 5) is 0. The van der Waals surface area contributed by atoms with E-state index < -0.39 is 43.6 Å². The van der Waals surface area contributed by atoms with Crippen LogP contribution in [-0.2, 0) is 18.9 Å². The van der Waals surface area contributed by atoms with Gasteiger partial charge in [0.1, 0.15) is 24.4 Å². The lowest BCUT2D eigenvalue weighted by atomic mass is 9.99. The van der Waals surface area contributed by atoms with E-state index in [2.05, 4.69) is 0 Å². The maximum Gasteiger partial charge on any atom is 0.184 e. The van der Waals surface area contributed by atoms with E-state index >= 15 is 0 Å². The molecule has 2 heterocycles. The molecule has 2 aliphatic heterocycles. The van der Waals surface area contributed by atoms with Crippen LogP contribution in [0.4, 0.5) is 0 Å². The summed E-state index contributed by atoms with van der Waals surface area (Å²) >= 11 is 0. The second-order valence-electron chi connectivity index (χ2n) is 7.45. The minimum atomic E-state index is -1.08. The average Bonchev–Trinajstić information content (AvgIpc) is 2.72. The summed E-state index contributed by atoms with van der Waals surface area (Å²) in [6, 6.07) is 15.7. The highest BCUT2D eigenvalue weighted by Gasteiger charge is 2.48. The number of aryl methyl sites for hydroxylation is 2. The zero-order chi connectivity index (χ0) is 19.7. The molecular formula is C22H26O6. The Labute approximate surface area is 164 Å². The largest absolute Gasteiger partial charge is 0.394 e. The fourth-order valence-electron chi connectivity index (χ4n) is 3.74. The predicted molar refractivity (Wildman–Crippen MR) is 102 cm³/mol. The van der Waals surface area contributed by atoms with Crippen molar-refractivity contribution in [3.05, 3.63) is 70.8 Å². The van der Waals surface area contributed by atoms with Gasteiger partial charge in [0.15, 0.2) is 12.6 Å². The van der Waals surface area contributed by atoms with Gasteiger partial charge in [-0.1, -0.05) is 59.7 Å². The molecule has 0 amide bonds. The Balaban J connectivity index is 1.57. The van der Waals surface area contributed by atoms with E-state index in [1.54, 1.807) is 0 Å². The molecule has 150 valence electrons. The van der Waals surface area contributed by atoms with Crippen LogP contribution in [0.1, 0.15) is 34.8 Å². The van der Waals surface area contributed by atoms with Crippen LogP contribution in [0.15, 0.2) is 48.5 Å². The molecule has 4 rings (SSSR count). The first kappa shape index (κ1) is 19.5. The van der Waals surface area contributed by atoms with Crippen LogP contribution < -0.4 is 0 Å². The number of aliphatic hydroxyl groups is 2. The van der Waals surface area contributed by atoms with E-state index in [4.69, 9.17) is 18.9 Å². The summed E-state index contributed by atoms with van der Waals surface area (Å²) in [5, 5.41) is 19.9. The number of rotatable bonds is 4. The quantitative estimate of drug-likeness (QED) is 0.841. The molecule has 0 radical (unpaired) electrons. The smallest absolute Gasteiger partial charge is 0.184 e. The molecule has 2 saturated heterocycles. The van der Waals surface area contributed by atoms with Gasteiger partial charge in [-0.2, -0.15) is 0 Å². The fraction of sp³-hybridized carbons (Fsp3) is 0.455. The van der Waals surface area contributed by atoms with E-state index in [1.807, 2.05) is 62.4 Å². The van der Waals surface area contributed by atoms with Gasteiger partial charge >= 0.3 is 0 Å². The SMILES string of the molecule is Cc1cccc(C2OC3COC(c4cccc(C)c4)OC3C(C(O)CO)O2)c1. The lowest BCUT2D eigenvalue weighted by Gasteiger charge is -2.47. The van der Waals surface area contributed by atoms with E-state index in [0.717, 1.165) is 22.3 Å². The number of aliphatic hydroxyl groups excluding tert-OH is 2. The van der Waals surface area contributed by atoms with Crippen molar-refractivity contribution in [2.45, 2.75) is 50.8 Å². The molecule has 0 saturated carbocycles. The van der Waals surface area contributed by atoms with Crippen LogP contribution in [0.5, 0.6) is 0 Å². The van der Waals surface area contributed by atoms with Crippen molar-refractivity contribution in [1.82, 2.24) is 0 Å². The lowest BCUT2D eigenvalue weighted by molar-refractivity contribution is -0.373. The Morgan fingerprint density at radius 2 is 1.57 bits per heavy atom. The molecule has 6 nitrogen and oxygen atoms in total. The molecule has 2 N–H and O–H groups in total. The summed E-state index contributed by atoms with van der Waals surface area (Å²) < 4.78 is 24.2. The first-order valence-electron chi connectivity index (χ1n) is 9.55. The van der Waals surface area contributed by atoms with Gasteiger partial charge in [-0.3, -0.25) is 0 Å². The summed E-state index contributed by atoms with van der Waals surface area (Å²) in [5.41, 5.74) is 3.95. The Morgan fingerprint density at radius 3 is 2.18 bits per heavy atom. The fourth-order valence-corrected chi connectivity index (χ4v) is 3.74. The predicted octanol–water partition coefficient (Wildman–Crippen LogP) is 2.55. The molecule has 0 bridgehead atoms. The van der Waals surface area contributed by atoms with Gasteiger partial charge in [0.25, 0.3) is 0 Å². The molecule has 2 aromatic rings. The van der Waals surface area contributed by atoms with Crippen molar-refractivity contribution in [3.63, 3.8) is 0 Å². The molecular weight excluding hydrogens is 360 g/mol. The number of hydrogen-bond acceptors (Lipinski definition) is 6. The zero-order valence-electron chi connectivity index (χ0n) is 16.0. The van der Waals surface area contributed by atoms with Crippen LogP contribution >= 0.6 is 0 Å². The van der Waals surface area contributed by atoms with Crippen molar-refractivity contribution in [3.8, 4) is 0 Å². The molecule has 0 aromatic heterocycles. The molecule has 2 aromatic carbocycles. The molecule has 6 unspecified atom stereocenters. The monoisotopic (exact) mass is 386 g/mol. The summed E-state index contributed by atoms with van der Waals surface area (Å²) in [6.07, 6.45) is -4.01. The van der Waals surface area contributed by atoms with Gasteiger partial charge in [-0.25, -0.2) is 0 Å². The van der Waals surface area contributed by atoms with Crippen LogP contribution in [0.2, 0.25) is 0 Å². The number of ether oxygens (including phenoxy) is 4. The van der Waals surface area contributed by atoms with Crippen LogP contribution in [0.25, 0.3) is 0 Å². The van der Waals surface area contributed by atoms with Crippen LogP contribution in [0.3, 0.4) is 0 Å². The van der Waals surface area contributed by atoms with E-state index in [9.17, 15) is 10.2 Å². The third-order valence-electron chi connectivity index (χ3n) is 5.16. The normalized spacial score (nSPS) is 31.2. The second kappa shape index (κ2) is 8.29. The maximum atomic E-state index is 10.4. The first-order chi connectivity index (χ1) is 13.5. The third kappa shape index (κ3) is 3.98. The number of benzene rings is 2. The molecule has 6 atom stereocenters. The highest BCUT2D eigenvalue weighted by atomic mass is 16.8. The summed E-state index contributed by atoms with van der Waals surface area (Å²) in [6.45, 7) is 3.89. The van der Waals surface area contributed by atoms with Gasteiger partial charge in [-0.05, 0) is 13.8 Å². The van der Waals surface area contributed by atoms with E-state index in [0.29, 0.717) is 6.61 Å². The standard InChI is InChI=1S/C22H26O6/c1-13-5-3-7-15(9-13)21-25-12-18-20(28-21)19(17(24)11-23)27-22(26-18)16-8-4-6-14(2)10-16/h3-10,17-24H,11-12H2,1-2H3. The minimum Gasteiger partial charge on any atom is -0.394 e. The van der Waals surface area contributed by atoms with Crippen LogP contribution in [0, 0.1) is 13.8 Å². The van der Waals surface area contributed by atoms with Gasteiger partial charge < -0.3 is 29.2 Å². The minimum absolute atomic E-state index is 0.309. The van der Waals surface area contributed by atoms with E-state index in [1.165, 1.54) is 0 Å². The maximum absolute atomic E-state index is 10.4. The van der Waals surface area contributed by atoms with Gasteiger partial charge in [0.05, 0.1) is 13.2 Å². The number of fused-ring (bicyclic) bond motifs is 1.